The lowest BCUT2D eigenvalue weighted by atomic mass is 10.0. The van der Waals surface area contributed by atoms with Crippen LogP contribution >= 0.6 is 0 Å². The standard InChI is InChI=1S/C27H27N7O7/c35-21-5-4-19(23(36)30-21)34-24(37)16-2-1-3-18(22(16)26(34)39)31-8-10-32(11-9-31)20-13-28-17(12-29-20)25(38)33-7-6-15(14-33)27(40)41/h1-3,12-13,15,19H,4-11,14H2,(H,40,41)(H,30,35,36)/t15-,19?/m1/s1. The van der Waals surface area contributed by atoms with Crippen molar-refractivity contribution in [3.05, 3.63) is 47.4 Å². The third kappa shape index (κ3) is 4.64. The van der Waals surface area contributed by atoms with E-state index in [4.69, 9.17) is 0 Å². The maximum Gasteiger partial charge on any atom is 0.308 e. The van der Waals surface area contributed by atoms with Crippen molar-refractivity contribution in [2.24, 2.45) is 5.92 Å². The van der Waals surface area contributed by atoms with E-state index in [0.29, 0.717) is 50.6 Å². The van der Waals surface area contributed by atoms with Crippen LogP contribution in [0.5, 0.6) is 0 Å². The molecular weight excluding hydrogens is 534 g/mol. The number of aliphatic carboxylic acids is 1. The molecule has 3 fully saturated rings. The molecule has 0 radical (unpaired) electrons. The first-order chi connectivity index (χ1) is 19.7. The first-order valence-corrected chi connectivity index (χ1v) is 13.4. The number of piperidine rings is 1. The summed E-state index contributed by atoms with van der Waals surface area (Å²) in [5, 5.41) is 11.4. The average Bonchev–Trinajstić information content (AvgIpc) is 3.57. The van der Waals surface area contributed by atoms with Crippen molar-refractivity contribution in [2.75, 3.05) is 49.1 Å². The molecule has 0 saturated carbocycles. The molecule has 4 aliphatic heterocycles. The van der Waals surface area contributed by atoms with E-state index in [-0.39, 0.29) is 42.1 Å². The predicted molar refractivity (Wildman–Crippen MR) is 141 cm³/mol. The summed E-state index contributed by atoms with van der Waals surface area (Å²) in [5.74, 6) is -3.40. The van der Waals surface area contributed by atoms with Crippen LogP contribution in [0.3, 0.4) is 0 Å². The van der Waals surface area contributed by atoms with Gasteiger partial charge in [-0.15, -0.1) is 0 Å². The van der Waals surface area contributed by atoms with Crippen molar-refractivity contribution in [1.29, 1.82) is 0 Å². The minimum atomic E-state index is -1.03. The second-order valence-electron chi connectivity index (χ2n) is 10.5. The minimum Gasteiger partial charge on any atom is -0.481 e. The van der Waals surface area contributed by atoms with Gasteiger partial charge in [0.15, 0.2) is 0 Å². The molecule has 1 unspecified atom stereocenters. The molecule has 212 valence electrons. The quantitative estimate of drug-likeness (QED) is 0.461. The Morgan fingerprint density at radius 1 is 0.902 bits per heavy atom. The van der Waals surface area contributed by atoms with E-state index in [1.165, 1.54) is 17.3 Å². The predicted octanol–water partition coefficient (Wildman–Crippen LogP) is -0.249. The zero-order valence-electron chi connectivity index (χ0n) is 22.0. The molecule has 5 amide bonds. The molecule has 6 rings (SSSR count). The molecule has 0 bridgehead atoms. The van der Waals surface area contributed by atoms with Gasteiger partial charge in [-0.05, 0) is 25.0 Å². The Balaban J connectivity index is 1.12. The Hall–Kier alpha value is -4.88. The maximum absolute atomic E-state index is 13.4. The highest BCUT2D eigenvalue weighted by Gasteiger charge is 2.46. The molecule has 1 aromatic heterocycles. The summed E-state index contributed by atoms with van der Waals surface area (Å²) < 4.78 is 0. The van der Waals surface area contributed by atoms with E-state index in [1.54, 1.807) is 18.2 Å². The summed E-state index contributed by atoms with van der Waals surface area (Å²) in [6, 6.07) is 4.03. The number of benzene rings is 1. The number of nitrogens with zero attached hydrogens (tertiary/aromatic N) is 6. The van der Waals surface area contributed by atoms with Gasteiger partial charge in [0.25, 0.3) is 17.7 Å². The van der Waals surface area contributed by atoms with Crippen LogP contribution in [0.1, 0.15) is 50.5 Å². The molecule has 0 aliphatic carbocycles. The third-order valence-electron chi connectivity index (χ3n) is 8.07. The van der Waals surface area contributed by atoms with Crippen LogP contribution in [0, 0.1) is 5.92 Å². The van der Waals surface area contributed by atoms with Crippen LogP contribution < -0.4 is 15.1 Å². The van der Waals surface area contributed by atoms with Crippen LogP contribution in [0.25, 0.3) is 0 Å². The fourth-order valence-electron chi connectivity index (χ4n) is 5.84. The largest absolute Gasteiger partial charge is 0.481 e. The lowest BCUT2D eigenvalue weighted by Crippen LogP contribution is -2.54. The van der Waals surface area contributed by atoms with Crippen LogP contribution in [0.4, 0.5) is 11.5 Å². The highest BCUT2D eigenvalue weighted by atomic mass is 16.4. The van der Waals surface area contributed by atoms with E-state index in [2.05, 4.69) is 15.3 Å². The summed E-state index contributed by atoms with van der Waals surface area (Å²) in [6.45, 7) is 2.63. The molecule has 41 heavy (non-hydrogen) atoms. The fraction of sp³-hybridized carbons (Fsp3) is 0.407. The van der Waals surface area contributed by atoms with Crippen LogP contribution in [0.15, 0.2) is 30.6 Å². The maximum atomic E-state index is 13.4. The Bertz CT molecular complexity index is 1470. The molecule has 0 spiro atoms. The SMILES string of the molecule is O=C1CCC(N2C(=O)c3cccc(N4CCN(c5cnc(C(=O)N6CC[C@@H](C(=O)O)C6)cn5)CC4)c3C2=O)C(=O)N1. The summed E-state index contributed by atoms with van der Waals surface area (Å²) in [4.78, 5) is 89.6. The van der Waals surface area contributed by atoms with E-state index in [1.807, 2.05) is 9.80 Å². The zero-order valence-corrected chi connectivity index (χ0v) is 22.0. The number of amides is 5. The van der Waals surface area contributed by atoms with Crippen molar-refractivity contribution in [3.63, 3.8) is 0 Å². The number of fused-ring (bicyclic) bond motifs is 1. The van der Waals surface area contributed by atoms with Gasteiger partial charge in [0.1, 0.15) is 17.6 Å². The molecule has 1 aromatic carbocycles. The highest BCUT2D eigenvalue weighted by Crippen LogP contribution is 2.35. The molecule has 2 aromatic rings. The monoisotopic (exact) mass is 561 g/mol. The molecule has 2 N–H and O–H groups in total. The minimum absolute atomic E-state index is 0.0557. The first kappa shape index (κ1) is 26.3. The number of nitrogens with one attached hydrogen (secondary N) is 1. The number of hydrogen-bond acceptors (Lipinski definition) is 10. The van der Waals surface area contributed by atoms with Gasteiger partial charge < -0.3 is 19.8 Å². The number of hydrogen-bond donors (Lipinski definition) is 2. The van der Waals surface area contributed by atoms with Crippen molar-refractivity contribution in [3.8, 4) is 0 Å². The second kappa shape index (κ2) is 10.3. The smallest absolute Gasteiger partial charge is 0.308 e. The van der Waals surface area contributed by atoms with E-state index >= 15 is 0 Å². The molecule has 2 atom stereocenters. The number of rotatable bonds is 5. The van der Waals surface area contributed by atoms with E-state index in [9.17, 15) is 33.9 Å². The summed E-state index contributed by atoms with van der Waals surface area (Å²) in [7, 11) is 0. The number of carboxylic acid groups (broad SMARTS) is 1. The van der Waals surface area contributed by atoms with Gasteiger partial charge in [-0.25, -0.2) is 9.97 Å². The third-order valence-corrected chi connectivity index (χ3v) is 8.07. The number of carbonyl (C=O) groups is 6. The highest BCUT2D eigenvalue weighted by molar-refractivity contribution is 6.25. The van der Waals surface area contributed by atoms with Gasteiger partial charge in [0.05, 0.1) is 35.1 Å². The van der Waals surface area contributed by atoms with E-state index in [0.717, 1.165) is 4.90 Å². The van der Waals surface area contributed by atoms with Crippen LogP contribution in [-0.4, -0.2) is 106 Å². The lowest BCUT2D eigenvalue weighted by Gasteiger charge is -2.37. The van der Waals surface area contributed by atoms with Crippen molar-refractivity contribution < 1.29 is 33.9 Å². The van der Waals surface area contributed by atoms with Gasteiger partial charge in [0, 0.05) is 45.7 Å². The fourth-order valence-corrected chi connectivity index (χ4v) is 5.84. The normalized spacial score (nSPS) is 22.7. The Labute approximate surface area is 233 Å². The van der Waals surface area contributed by atoms with Crippen molar-refractivity contribution in [1.82, 2.24) is 25.1 Å². The molecule has 14 heteroatoms. The number of anilines is 2. The average molecular weight is 562 g/mol. The summed E-state index contributed by atoms with van der Waals surface area (Å²) >= 11 is 0. The van der Waals surface area contributed by atoms with Gasteiger partial charge in [0.2, 0.25) is 11.8 Å². The Kier molecular flexibility index (Phi) is 6.59. The zero-order chi connectivity index (χ0) is 28.8. The molecular formula is C27H27N7O7. The van der Waals surface area contributed by atoms with Crippen molar-refractivity contribution >= 4 is 47.0 Å². The Morgan fingerprint density at radius 2 is 1.66 bits per heavy atom. The lowest BCUT2D eigenvalue weighted by molar-refractivity contribution is -0.141. The number of imide groups is 2. The number of carboxylic acids is 1. The Morgan fingerprint density at radius 3 is 2.32 bits per heavy atom. The molecule has 14 nitrogen and oxygen atoms in total. The number of piperazine rings is 1. The summed E-state index contributed by atoms with van der Waals surface area (Å²) in [5.41, 5.74) is 1.25. The summed E-state index contributed by atoms with van der Waals surface area (Å²) in [6.07, 6.45) is 3.48. The van der Waals surface area contributed by atoms with Gasteiger partial charge in [-0.1, -0.05) is 6.07 Å². The van der Waals surface area contributed by atoms with Crippen molar-refractivity contribution in [2.45, 2.75) is 25.3 Å². The van der Waals surface area contributed by atoms with Gasteiger partial charge in [-0.2, -0.15) is 0 Å². The van der Waals surface area contributed by atoms with E-state index < -0.39 is 41.6 Å². The number of likely N-dealkylation sites (tertiary alicyclic amines) is 1. The van der Waals surface area contributed by atoms with Crippen LogP contribution in [-0.2, 0) is 14.4 Å². The van der Waals surface area contributed by atoms with Gasteiger partial charge >= 0.3 is 5.97 Å². The topological polar surface area (TPSA) is 173 Å². The molecule has 3 saturated heterocycles. The number of carbonyl (C=O) groups excluding carboxylic acids is 5. The first-order valence-electron chi connectivity index (χ1n) is 13.4. The van der Waals surface area contributed by atoms with Gasteiger partial charge in [-0.3, -0.25) is 39.0 Å². The molecule has 5 heterocycles. The van der Waals surface area contributed by atoms with Crippen LogP contribution in [0.2, 0.25) is 0 Å². The number of aromatic nitrogens is 2. The molecule has 4 aliphatic rings. The second-order valence-corrected chi connectivity index (χ2v) is 10.5.